The zero-order valence-corrected chi connectivity index (χ0v) is 36.3. The highest BCUT2D eigenvalue weighted by Crippen LogP contribution is 2.51. The molecule has 0 atom stereocenters. The molecule has 0 unspecified atom stereocenters. The second-order valence-electron chi connectivity index (χ2n) is 18.2. The summed E-state index contributed by atoms with van der Waals surface area (Å²) in [5.41, 5.74) is 18.6. The monoisotopic (exact) mass is 844 g/mol. The number of furan rings is 1. The lowest BCUT2D eigenvalue weighted by atomic mass is 9.82. The number of aromatic nitrogens is 4. The van der Waals surface area contributed by atoms with Gasteiger partial charge in [-0.05, 0) is 100 Å². The van der Waals surface area contributed by atoms with Crippen LogP contribution < -0.4 is 0 Å². The van der Waals surface area contributed by atoms with E-state index >= 15 is 0 Å². The van der Waals surface area contributed by atoms with Crippen molar-refractivity contribution in [3.05, 3.63) is 217 Å². The van der Waals surface area contributed by atoms with Crippen LogP contribution in [0.1, 0.15) is 25.0 Å². The fraction of sp³-hybridized carbons (Fsp3) is 0.0492. The van der Waals surface area contributed by atoms with E-state index in [1.165, 1.54) is 44.1 Å². The molecule has 0 N–H and O–H groups in total. The minimum absolute atomic E-state index is 0.108. The van der Waals surface area contributed by atoms with Crippen LogP contribution in [0, 0.1) is 0 Å². The van der Waals surface area contributed by atoms with E-state index < -0.39 is 0 Å². The summed E-state index contributed by atoms with van der Waals surface area (Å²) >= 11 is 0. The van der Waals surface area contributed by atoms with E-state index in [-0.39, 0.29) is 5.41 Å². The van der Waals surface area contributed by atoms with Gasteiger partial charge in [-0.15, -0.1) is 0 Å². The molecule has 310 valence electrons. The first-order valence-corrected chi connectivity index (χ1v) is 22.6. The lowest BCUT2D eigenvalue weighted by Gasteiger charge is -2.21. The van der Waals surface area contributed by atoms with Crippen LogP contribution in [0.15, 0.2) is 211 Å². The Morgan fingerprint density at radius 3 is 1.62 bits per heavy atom. The number of hydrogen-bond donors (Lipinski definition) is 0. The third-order valence-corrected chi connectivity index (χ3v) is 14.1. The lowest BCUT2D eigenvalue weighted by Crippen LogP contribution is -2.14. The molecule has 0 saturated heterocycles. The maximum Gasteiger partial charge on any atom is 0.235 e. The van der Waals surface area contributed by atoms with E-state index in [1.54, 1.807) is 0 Å². The molecule has 0 spiro atoms. The first kappa shape index (κ1) is 36.9. The molecular formula is C61H40N4O. The van der Waals surface area contributed by atoms with Crippen molar-refractivity contribution in [3.8, 4) is 56.4 Å². The minimum atomic E-state index is -0.108. The third-order valence-electron chi connectivity index (χ3n) is 14.1. The van der Waals surface area contributed by atoms with Crippen LogP contribution in [-0.2, 0) is 5.41 Å². The highest BCUT2D eigenvalue weighted by atomic mass is 16.3. The Balaban J connectivity index is 1.02. The second kappa shape index (κ2) is 13.7. The van der Waals surface area contributed by atoms with Crippen molar-refractivity contribution in [2.75, 3.05) is 0 Å². The molecule has 13 aromatic rings. The predicted molar refractivity (Wildman–Crippen MR) is 272 cm³/mol. The van der Waals surface area contributed by atoms with Crippen LogP contribution in [0.2, 0.25) is 0 Å². The Hall–Kier alpha value is -8.54. The number of rotatable bonds is 5. The summed E-state index contributed by atoms with van der Waals surface area (Å²) in [4.78, 5) is 10.7. The van der Waals surface area contributed by atoms with E-state index in [0.29, 0.717) is 5.95 Å². The largest absolute Gasteiger partial charge is 0.456 e. The molecular weight excluding hydrogens is 805 g/mol. The molecule has 0 aliphatic heterocycles. The van der Waals surface area contributed by atoms with Gasteiger partial charge in [-0.25, -0.2) is 9.97 Å². The predicted octanol–water partition coefficient (Wildman–Crippen LogP) is 15.9. The van der Waals surface area contributed by atoms with Crippen molar-refractivity contribution in [1.29, 1.82) is 0 Å². The van der Waals surface area contributed by atoms with Gasteiger partial charge >= 0.3 is 0 Å². The molecule has 5 nitrogen and oxygen atoms in total. The number of para-hydroxylation sites is 2. The summed E-state index contributed by atoms with van der Waals surface area (Å²) in [6.07, 6.45) is 0. The molecule has 1 aliphatic carbocycles. The third kappa shape index (κ3) is 5.34. The van der Waals surface area contributed by atoms with Crippen LogP contribution in [0.4, 0.5) is 0 Å². The van der Waals surface area contributed by atoms with Gasteiger partial charge in [0.25, 0.3) is 0 Å². The van der Waals surface area contributed by atoms with Crippen molar-refractivity contribution >= 4 is 65.6 Å². The zero-order valence-electron chi connectivity index (χ0n) is 36.3. The van der Waals surface area contributed by atoms with Crippen LogP contribution in [0.3, 0.4) is 0 Å². The molecule has 0 bridgehead atoms. The summed E-state index contributed by atoms with van der Waals surface area (Å²) in [7, 11) is 0. The number of fused-ring (bicyclic) bond motifs is 12. The normalized spacial score (nSPS) is 13.1. The van der Waals surface area contributed by atoms with E-state index in [0.717, 1.165) is 83.1 Å². The molecule has 5 heteroatoms. The van der Waals surface area contributed by atoms with Crippen molar-refractivity contribution in [2.24, 2.45) is 0 Å². The quantitative estimate of drug-likeness (QED) is 0.173. The molecule has 0 saturated carbocycles. The van der Waals surface area contributed by atoms with Gasteiger partial charge in [-0.1, -0.05) is 147 Å². The molecule has 14 rings (SSSR count). The first-order valence-electron chi connectivity index (χ1n) is 22.6. The van der Waals surface area contributed by atoms with Gasteiger partial charge in [0.1, 0.15) is 11.2 Å². The summed E-state index contributed by atoms with van der Waals surface area (Å²) in [6, 6.07) is 74.1. The van der Waals surface area contributed by atoms with Crippen LogP contribution in [0.25, 0.3) is 122 Å². The fourth-order valence-electron chi connectivity index (χ4n) is 10.9. The Morgan fingerprint density at radius 1 is 0.364 bits per heavy atom. The molecule has 9 aromatic carbocycles. The Labute approximate surface area is 380 Å². The van der Waals surface area contributed by atoms with Crippen LogP contribution >= 0.6 is 0 Å². The molecule has 0 radical (unpaired) electrons. The topological polar surface area (TPSA) is 48.8 Å². The summed E-state index contributed by atoms with van der Waals surface area (Å²) in [5, 5.41) is 6.88. The van der Waals surface area contributed by atoms with Crippen molar-refractivity contribution in [1.82, 2.24) is 19.1 Å². The van der Waals surface area contributed by atoms with Gasteiger partial charge < -0.3 is 8.98 Å². The first-order chi connectivity index (χ1) is 32.5. The highest BCUT2D eigenvalue weighted by Gasteiger charge is 2.36. The molecule has 1 aliphatic rings. The molecule has 4 heterocycles. The van der Waals surface area contributed by atoms with E-state index in [2.05, 4.69) is 205 Å². The van der Waals surface area contributed by atoms with Gasteiger partial charge in [0.05, 0.1) is 33.5 Å². The Morgan fingerprint density at radius 2 is 0.924 bits per heavy atom. The van der Waals surface area contributed by atoms with Crippen molar-refractivity contribution < 1.29 is 4.42 Å². The number of nitrogens with zero attached hydrogens (tertiary/aromatic N) is 4. The summed E-state index contributed by atoms with van der Waals surface area (Å²) < 4.78 is 11.2. The Bertz CT molecular complexity index is 4060. The molecule has 66 heavy (non-hydrogen) atoms. The fourth-order valence-corrected chi connectivity index (χ4v) is 10.9. The Kier molecular flexibility index (Phi) is 7.68. The standard InChI is InChI=1S/C61H40N4O/c1-61(2)50-24-14-12-22-42(50)44-32-47-45-30-39(26-28-54(45)64(56(47)34-51(44)61)41-20-10-5-11-21-41)40-27-29-55-46(31-40)48-33-49-43-23-13-15-25-58(43)66-59(49)36-57(48)65(55)60-62-52(37-16-6-3-7-17-37)35-53(63-60)38-18-8-4-9-19-38/h3-36H,1-2H3. The van der Waals surface area contributed by atoms with Crippen molar-refractivity contribution in [3.63, 3.8) is 0 Å². The van der Waals surface area contributed by atoms with E-state index in [4.69, 9.17) is 14.4 Å². The van der Waals surface area contributed by atoms with Gasteiger partial charge in [0.15, 0.2) is 0 Å². The maximum atomic E-state index is 6.54. The minimum Gasteiger partial charge on any atom is -0.456 e. The number of benzene rings is 9. The zero-order chi connectivity index (χ0) is 43.7. The smallest absolute Gasteiger partial charge is 0.235 e. The summed E-state index contributed by atoms with van der Waals surface area (Å²) in [5.74, 6) is 0.603. The van der Waals surface area contributed by atoms with Gasteiger partial charge in [0, 0.05) is 60.6 Å². The molecule has 0 fully saturated rings. The SMILES string of the molecule is CC1(C)c2ccccc2-c2cc3c4cc(-c5ccc6c(c5)c5cc7c(cc5n6-c5nc(-c6ccccc6)cc(-c6ccccc6)n5)oc5ccccc57)ccc4n(-c4ccccc4)c3cc21. The highest BCUT2D eigenvalue weighted by molar-refractivity contribution is 6.18. The average Bonchev–Trinajstić information content (AvgIpc) is 4.07. The molecule has 0 amide bonds. The van der Waals surface area contributed by atoms with Gasteiger partial charge in [0.2, 0.25) is 5.95 Å². The van der Waals surface area contributed by atoms with E-state index in [1.807, 2.05) is 24.3 Å². The lowest BCUT2D eigenvalue weighted by molar-refractivity contribution is 0.661. The van der Waals surface area contributed by atoms with Crippen molar-refractivity contribution in [2.45, 2.75) is 19.3 Å². The van der Waals surface area contributed by atoms with Crippen LogP contribution in [-0.4, -0.2) is 19.1 Å². The van der Waals surface area contributed by atoms with Crippen LogP contribution in [0.5, 0.6) is 0 Å². The van der Waals surface area contributed by atoms with E-state index in [9.17, 15) is 0 Å². The number of hydrogen-bond acceptors (Lipinski definition) is 3. The second-order valence-corrected chi connectivity index (χ2v) is 18.2. The summed E-state index contributed by atoms with van der Waals surface area (Å²) in [6.45, 7) is 4.72. The van der Waals surface area contributed by atoms with Gasteiger partial charge in [-0.2, -0.15) is 0 Å². The average molecular weight is 845 g/mol. The maximum absolute atomic E-state index is 6.54. The van der Waals surface area contributed by atoms with Gasteiger partial charge in [-0.3, -0.25) is 4.57 Å². The molecule has 4 aromatic heterocycles.